The van der Waals surface area contributed by atoms with Gasteiger partial charge in [0, 0.05) is 6.54 Å². The lowest BCUT2D eigenvalue weighted by Gasteiger charge is -2.24. The van der Waals surface area contributed by atoms with Gasteiger partial charge in [0.2, 0.25) is 0 Å². The summed E-state index contributed by atoms with van der Waals surface area (Å²) >= 11 is 0. The molecule has 4 N–H and O–H groups in total. The fraction of sp³-hybridized carbons (Fsp3) is 0.211. The summed E-state index contributed by atoms with van der Waals surface area (Å²) in [5.41, 5.74) is 5.21. The number of nitrogens with one attached hydrogen (secondary N) is 2. The van der Waals surface area contributed by atoms with Gasteiger partial charge in [-0.1, -0.05) is 36.4 Å². The molecule has 1 heterocycles. The number of hydrogen-bond acceptors (Lipinski definition) is 8. The molecule has 0 saturated heterocycles. The van der Waals surface area contributed by atoms with Crippen molar-refractivity contribution in [3.63, 3.8) is 0 Å². The first kappa shape index (κ1) is 20.9. The lowest BCUT2D eigenvalue weighted by atomic mass is 10.0. The van der Waals surface area contributed by atoms with Crippen molar-refractivity contribution in [2.45, 2.75) is 12.6 Å². The molecule has 156 valence electrons. The van der Waals surface area contributed by atoms with Crippen molar-refractivity contribution in [1.82, 2.24) is 31.1 Å². The van der Waals surface area contributed by atoms with Crippen LogP contribution in [0.3, 0.4) is 0 Å². The van der Waals surface area contributed by atoms with Crippen molar-refractivity contribution in [3.05, 3.63) is 59.9 Å². The number of rotatable bonds is 9. The number of benzene rings is 2. The van der Waals surface area contributed by atoms with Gasteiger partial charge in [-0.25, -0.2) is 9.80 Å². The van der Waals surface area contributed by atoms with E-state index in [2.05, 4.69) is 26.0 Å². The van der Waals surface area contributed by atoms with E-state index in [1.165, 1.54) is 5.01 Å². The molecule has 1 unspecified atom stereocenters. The first-order valence-electron chi connectivity index (χ1n) is 8.90. The summed E-state index contributed by atoms with van der Waals surface area (Å²) in [5.74, 6) is -1.55. The number of carbonyl (C=O) groups excluding carboxylic acids is 1. The molecule has 0 aliphatic heterocycles. The van der Waals surface area contributed by atoms with Crippen molar-refractivity contribution in [2.75, 3.05) is 13.7 Å². The number of amides is 1. The molecule has 2 aromatic carbocycles. The number of tetrazole rings is 1. The molecule has 0 saturated carbocycles. The minimum Gasteiger partial charge on any atom is -0.497 e. The number of hydrogen-bond donors (Lipinski definition) is 4. The molecule has 0 bridgehead atoms. The Morgan fingerprint density at radius 2 is 1.97 bits per heavy atom. The number of H-pyrrole nitrogens is 1. The minimum absolute atomic E-state index is 0.145. The zero-order valence-electron chi connectivity index (χ0n) is 16.0. The normalized spacial score (nSPS) is 11.8. The molecule has 3 aromatic rings. The smallest absolute Gasteiger partial charge is 0.333 e. The third-order valence-electron chi connectivity index (χ3n) is 4.22. The van der Waals surface area contributed by atoms with Crippen LogP contribution in [0, 0.1) is 0 Å². The molecule has 0 aliphatic carbocycles. The van der Waals surface area contributed by atoms with E-state index in [1.54, 1.807) is 7.11 Å². The average Bonchev–Trinajstić information content (AvgIpc) is 3.29. The van der Waals surface area contributed by atoms with Crippen molar-refractivity contribution in [1.29, 1.82) is 0 Å². The largest absolute Gasteiger partial charge is 0.497 e. The summed E-state index contributed by atoms with van der Waals surface area (Å²) in [6.45, 7) is -0.192. The summed E-state index contributed by atoms with van der Waals surface area (Å²) in [6.07, 6.45) is -1.69. The number of aromatic nitrogens is 4. The lowest BCUT2D eigenvalue weighted by Crippen LogP contribution is -2.47. The topological polar surface area (TPSA) is 154 Å². The Balaban J connectivity index is 1.74. The molecule has 1 aromatic heterocycles. The van der Waals surface area contributed by atoms with E-state index < -0.39 is 18.0 Å². The highest BCUT2D eigenvalue weighted by molar-refractivity contribution is 5.89. The highest BCUT2D eigenvalue weighted by Gasteiger charge is 2.21. The molecule has 11 heteroatoms. The van der Waals surface area contributed by atoms with Gasteiger partial charge in [0.25, 0.3) is 5.82 Å². The maximum atomic E-state index is 12.2. The molecule has 1 amide bonds. The van der Waals surface area contributed by atoms with Crippen molar-refractivity contribution in [3.8, 4) is 16.9 Å². The fourth-order valence-corrected chi connectivity index (χ4v) is 2.71. The van der Waals surface area contributed by atoms with Crippen LogP contribution in [0.1, 0.15) is 16.2 Å². The van der Waals surface area contributed by atoms with Crippen LogP contribution >= 0.6 is 0 Å². The van der Waals surface area contributed by atoms with E-state index in [4.69, 9.17) is 9.84 Å². The predicted molar refractivity (Wildman–Crippen MR) is 104 cm³/mol. The molecule has 30 heavy (non-hydrogen) atoms. The molecule has 3 rings (SSSR count). The zero-order chi connectivity index (χ0) is 21.5. The first-order chi connectivity index (χ1) is 14.5. The number of carboxylic acids is 1. The van der Waals surface area contributed by atoms with Gasteiger partial charge in [-0.05, 0) is 34.0 Å². The Morgan fingerprint density at radius 3 is 2.60 bits per heavy atom. The number of carbonyl (C=O) groups is 2. The van der Waals surface area contributed by atoms with E-state index in [0.29, 0.717) is 0 Å². The maximum absolute atomic E-state index is 12.2. The number of aromatic amines is 1. The van der Waals surface area contributed by atoms with E-state index in [-0.39, 0.29) is 18.9 Å². The Labute approximate surface area is 171 Å². The first-order valence-corrected chi connectivity index (χ1v) is 8.90. The Morgan fingerprint density at radius 1 is 1.20 bits per heavy atom. The second-order valence-electron chi connectivity index (χ2n) is 6.34. The Kier molecular flexibility index (Phi) is 6.67. The average molecular weight is 412 g/mol. The van der Waals surface area contributed by atoms with Gasteiger partial charge in [0.15, 0.2) is 6.10 Å². The SMILES string of the molecule is COc1cccc(-c2ccc(CN(CC(O)C(=O)O)NC(=O)c3nn[nH]n3)cc2)c1. The standard InChI is InChI=1S/C19H20N6O5/c1-30-15-4-2-3-14(9-15)13-7-5-12(6-8-13)10-25(11-16(26)19(28)29)22-18(27)17-20-23-24-21-17/h2-9,16,26H,10-11H2,1H3,(H,22,27)(H,28,29)(H,20,21,23,24). The van der Waals surface area contributed by atoms with E-state index >= 15 is 0 Å². The van der Waals surface area contributed by atoms with Gasteiger partial charge in [-0.2, -0.15) is 5.21 Å². The number of carboxylic acid groups (broad SMARTS) is 1. The number of aliphatic hydroxyl groups excluding tert-OH is 1. The number of methoxy groups -OCH3 is 1. The van der Waals surface area contributed by atoms with Gasteiger partial charge >= 0.3 is 11.9 Å². The van der Waals surface area contributed by atoms with Crippen LogP contribution < -0.4 is 10.2 Å². The molecule has 0 spiro atoms. The number of hydrazine groups is 1. The fourth-order valence-electron chi connectivity index (χ4n) is 2.71. The molecular weight excluding hydrogens is 392 g/mol. The maximum Gasteiger partial charge on any atom is 0.333 e. The minimum atomic E-state index is -1.69. The number of ether oxygens (including phenoxy) is 1. The van der Waals surface area contributed by atoms with Crippen molar-refractivity contribution >= 4 is 11.9 Å². The summed E-state index contributed by atoms with van der Waals surface area (Å²) in [5, 5.41) is 32.6. The molecule has 11 nitrogen and oxygen atoms in total. The summed E-state index contributed by atoms with van der Waals surface area (Å²) in [6, 6.07) is 15.1. The third kappa shape index (κ3) is 5.37. The number of nitrogens with zero attached hydrogens (tertiary/aromatic N) is 4. The summed E-state index contributed by atoms with van der Waals surface area (Å²) in [4.78, 5) is 23.2. The van der Waals surface area contributed by atoms with Crippen molar-refractivity contribution < 1.29 is 24.5 Å². The van der Waals surface area contributed by atoms with E-state index in [1.807, 2.05) is 48.5 Å². The summed E-state index contributed by atoms with van der Waals surface area (Å²) < 4.78 is 5.24. The summed E-state index contributed by atoms with van der Waals surface area (Å²) in [7, 11) is 1.60. The van der Waals surface area contributed by atoms with Gasteiger partial charge in [-0.15, -0.1) is 10.2 Å². The zero-order valence-corrected chi connectivity index (χ0v) is 16.0. The highest BCUT2D eigenvalue weighted by Crippen LogP contribution is 2.24. The van der Waals surface area contributed by atoms with E-state index in [9.17, 15) is 14.7 Å². The van der Waals surface area contributed by atoms with Crippen LogP contribution in [0.2, 0.25) is 0 Å². The molecule has 0 fully saturated rings. The Bertz CT molecular complexity index is 993. The van der Waals surface area contributed by atoms with Crippen LogP contribution in [0.15, 0.2) is 48.5 Å². The van der Waals surface area contributed by atoms with Gasteiger partial charge in [0.05, 0.1) is 13.7 Å². The highest BCUT2D eigenvalue weighted by atomic mass is 16.5. The third-order valence-corrected chi connectivity index (χ3v) is 4.22. The molecule has 1 atom stereocenters. The van der Waals surface area contributed by atoms with Crippen molar-refractivity contribution in [2.24, 2.45) is 0 Å². The predicted octanol–water partition coefficient (Wildman–Crippen LogP) is 0.468. The lowest BCUT2D eigenvalue weighted by molar-refractivity contribution is -0.148. The molecule has 0 aliphatic rings. The van der Waals surface area contributed by atoms with Gasteiger partial charge < -0.3 is 14.9 Å². The van der Waals surface area contributed by atoms with Crippen LogP contribution in [0.5, 0.6) is 5.75 Å². The van der Waals surface area contributed by atoms with Gasteiger partial charge in [-0.3, -0.25) is 10.2 Å². The number of aliphatic carboxylic acids is 1. The second-order valence-corrected chi connectivity index (χ2v) is 6.34. The van der Waals surface area contributed by atoms with Crippen LogP contribution in [-0.4, -0.2) is 67.5 Å². The quantitative estimate of drug-likeness (QED) is 0.367. The van der Waals surface area contributed by atoms with Crippen LogP contribution in [0.25, 0.3) is 11.1 Å². The Hall–Kier alpha value is -3.83. The monoisotopic (exact) mass is 412 g/mol. The van der Waals surface area contributed by atoms with Crippen LogP contribution in [0.4, 0.5) is 0 Å². The van der Waals surface area contributed by atoms with Crippen LogP contribution in [-0.2, 0) is 11.3 Å². The molecular formula is C19H20N6O5. The van der Waals surface area contributed by atoms with E-state index in [0.717, 1.165) is 22.4 Å². The molecule has 0 radical (unpaired) electrons. The second kappa shape index (κ2) is 9.58. The number of aliphatic hydroxyl groups is 1. The van der Waals surface area contributed by atoms with Gasteiger partial charge in [0.1, 0.15) is 5.75 Å².